The summed E-state index contributed by atoms with van der Waals surface area (Å²) in [6.07, 6.45) is 1.60. The first-order chi connectivity index (χ1) is 13.1. The molecule has 0 saturated heterocycles. The normalized spacial score (nSPS) is 11.8. The quantitative estimate of drug-likeness (QED) is 0.752. The molecule has 1 aromatic carbocycles. The van der Waals surface area contributed by atoms with Gasteiger partial charge in [0.1, 0.15) is 12.4 Å². The zero-order valence-electron chi connectivity index (χ0n) is 16.8. The summed E-state index contributed by atoms with van der Waals surface area (Å²) in [7, 11) is 0. The van der Waals surface area contributed by atoms with Crippen LogP contribution in [-0.2, 0) is 17.9 Å². The first kappa shape index (κ1) is 19.8. The smallest absolute Gasteiger partial charge is 0.276 e. The number of nitrogens with zero attached hydrogens (tertiary/aromatic N) is 3. The topological polar surface area (TPSA) is 68.9 Å². The minimum atomic E-state index is -0.389. The Labute approximate surface area is 163 Å². The molecule has 0 atom stereocenters. The van der Waals surface area contributed by atoms with Crippen LogP contribution in [0.5, 0.6) is 0 Å². The molecule has 0 aliphatic carbocycles. The third kappa shape index (κ3) is 3.83. The van der Waals surface area contributed by atoms with Crippen molar-refractivity contribution in [3.05, 3.63) is 63.6 Å². The Morgan fingerprint density at radius 2 is 1.86 bits per heavy atom. The van der Waals surface area contributed by atoms with Crippen LogP contribution in [0.15, 0.2) is 35.3 Å². The molecular weight excluding hydrogens is 359 g/mol. The number of aryl methyl sites for hydroxylation is 2. The number of fused-ring (bicyclic) bond motifs is 1. The zero-order valence-corrected chi connectivity index (χ0v) is 16.8. The second-order valence-corrected chi connectivity index (χ2v) is 8.04. The molecule has 0 spiro atoms. The van der Waals surface area contributed by atoms with Crippen LogP contribution in [0.4, 0.5) is 4.39 Å². The van der Waals surface area contributed by atoms with E-state index in [-0.39, 0.29) is 29.4 Å². The van der Waals surface area contributed by atoms with Gasteiger partial charge in [-0.25, -0.2) is 9.07 Å². The van der Waals surface area contributed by atoms with Gasteiger partial charge in [-0.2, -0.15) is 5.10 Å². The zero-order chi connectivity index (χ0) is 20.6. The minimum Gasteiger partial charge on any atom is -0.350 e. The maximum Gasteiger partial charge on any atom is 0.276 e. The van der Waals surface area contributed by atoms with Gasteiger partial charge in [0, 0.05) is 27.9 Å². The number of rotatable bonds is 4. The summed E-state index contributed by atoms with van der Waals surface area (Å²) in [5.74, 6) is -0.560. The Morgan fingerprint density at radius 1 is 1.18 bits per heavy atom. The molecule has 2 heterocycles. The monoisotopic (exact) mass is 384 g/mol. The third-order valence-corrected chi connectivity index (χ3v) is 4.70. The molecule has 0 fully saturated rings. The molecular formula is C21H25FN4O2. The summed E-state index contributed by atoms with van der Waals surface area (Å²) in [5.41, 5.74) is 1.40. The summed E-state index contributed by atoms with van der Waals surface area (Å²) in [4.78, 5) is 25.2. The van der Waals surface area contributed by atoms with Gasteiger partial charge in [0.05, 0.1) is 18.1 Å². The van der Waals surface area contributed by atoms with Gasteiger partial charge in [0.15, 0.2) is 0 Å². The standard InChI is InChI=1S/C21H25FN4O2/c1-13-16-10-23-26(12-18(27)24-21(3,4)5)20(28)19(16)14(2)25(13)11-15-8-6-7-9-17(15)22/h6-10H,11-12H2,1-5H3,(H,24,27). The van der Waals surface area contributed by atoms with Crippen LogP contribution in [0.3, 0.4) is 0 Å². The summed E-state index contributed by atoms with van der Waals surface area (Å²) < 4.78 is 17.2. The second-order valence-electron chi connectivity index (χ2n) is 8.04. The van der Waals surface area contributed by atoms with E-state index in [1.54, 1.807) is 24.4 Å². The highest BCUT2D eigenvalue weighted by Gasteiger charge is 2.19. The van der Waals surface area contributed by atoms with Crippen LogP contribution >= 0.6 is 0 Å². The lowest BCUT2D eigenvalue weighted by Crippen LogP contribution is -2.43. The maximum atomic E-state index is 14.1. The molecule has 148 valence electrons. The average Bonchev–Trinajstić information content (AvgIpc) is 2.83. The highest BCUT2D eigenvalue weighted by atomic mass is 19.1. The summed E-state index contributed by atoms with van der Waals surface area (Å²) in [6.45, 7) is 9.51. The fraction of sp³-hybridized carbons (Fsp3) is 0.381. The highest BCUT2D eigenvalue weighted by molar-refractivity contribution is 5.87. The highest BCUT2D eigenvalue weighted by Crippen LogP contribution is 2.23. The molecule has 1 N–H and O–H groups in total. The van der Waals surface area contributed by atoms with Crippen LogP contribution in [0.2, 0.25) is 0 Å². The van der Waals surface area contributed by atoms with Crippen molar-refractivity contribution >= 4 is 16.7 Å². The van der Waals surface area contributed by atoms with E-state index in [1.165, 1.54) is 10.7 Å². The Morgan fingerprint density at radius 3 is 2.50 bits per heavy atom. The van der Waals surface area contributed by atoms with Gasteiger partial charge < -0.3 is 9.88 Å². The van der Waals surface area contributed by atoms with Gasteiger partial charge >= 0.3 is 0 Å². The minimum absolute atomic E-state index is 0.150. The van der Waals surface area contributed by atoms with Gasteiger partial charge in [0.25, 0.3) is 5.56 Å². The van der Waals surface area contributed by atoms with Crippen LogP contribution < -0.4 is 10.9 Å². The molecule has 2 aromatic heterocycles. The number of aromatic nitrogens is 3. The Hall–Kier alpha value is -2.96. The molecule has 0 aliphatic rings. The summed E-state index contributed by atoms with van der Waals surface area (Å²) >= 11 is 0. The molecule has 0 unspecified atom stereocenters. The molecule has 1 amide bonds. The van der Waals surface area contributed by atoms with Crippen molar-refractivity contribution in [3.63, 3.8) is 0 Å². The van der Waals surface area contributed by atoms with Gasteiger partial charge in [-0.15, -0.1) is 0 Å². The van der Waals surface area contributed by atoms with Crippen molar-refractivity contribution in [1.29, 1.82) is 0 Å². The van der Waals surface area contributed by atoms with Crippen LogP contribution in [0.1, 0.15) is 37.7 Å². The Bertz CT molecular complexity index is 1110. The van der Waals surface area contributed by atoms with Gasteiger partial charge in [0.2, 0.25) is 5.91 Å². The first-order valence-corrected chi connectivity index (χ1v) is 9.18. The van der Waals surface area contributed by atoms with Crippen molar-refractivity contribution < 1.29 is 9.18 Å². The first-order valence-electron chi connectivity index (χ1n) is 9.18. The predicted molar refractivity (Wildman–Crippen MR) is 107 cm³/mol. The number of amides is 1. The Kier molecular flexibility index (Phi) is 5.10. The van der Waals surface area contributed by atoms with Crippen molar-refractivity contribution in [3.8, 4) is 0 Å². The molecule has 3 aromatic rings. The number of carbonyl (C=O) groups excluding carboxylic acids is 1. The average molecular weight is 384 g/mol. The van der Waals surface area contributed by atoms with Crippen molar-refractivity contribution in [1.82, 2.24) is 19.7 Å². The van der Waals surface area contributed by atoms with E-state index >= 15 is 0 Å². The maximum absolute atomic E-state index is 14.1. The van der Waals surface area contributed by atoms with E-state index in [2.05, 4.69) is 10.4 Å². The molecule has 6 nitrogen and oxygen atoms in total. The lowest BCUT2D eigenvalue weighted by Gasteiger charge is -2.20. The van der Waals surface area contributed by atoms with Gasteiger partial charge in [-0.3, -0.25) is 9.59 Å². The molecule has 0 bridgehead atoms. The van der Waals surface area contributed by atoms with Gasteiger partial charge in [-0.1, -0.05) is 18.2 Å². The molecule has 0 aliphatic heterocycles. The van der Waals surface area contributed by atoms with Crippen molar-refractivity contribution in [2.45, 2.75) is 53.2 Å². The van der Waals surface area contributed by atoms with E-state index in [4.69, 9.17) is 0 Å². The van der Waals surface area contributed by atoms with E-state index in [9.17, 15) is 14.0 Å². The molecule has 3 rings (SSSR count). The van der Waals surface area contributed by atoms with Crippen molar-refractivity contribution in [2.75, 3.05) is 0 Å². The molecule has 0 radical (unpaired) electrons. The number of nitrogens with one attached hydrogen (secondary N) is 1. The molecule has 0 saturated carbocycles. The van der Waals surface area contributed by atoms with Crippen LogP contribution in [0, 0.1) is 19.7 Å². The fourth-order valence-electron chi connectivity index (χ4n) is 3.39. The van der Waals surface area contributed by atoms with Gasteiger partial charge in [-0.05, 0) is 40.7 Å². The van der Waals surface area contributed by atoms with Crippen LogP contribution in [0.25, 0.3) is 10.8 Å². The Balaban J connectivity index is 2.02. The van der Waals surface area contributed by atoms with Crippen molar-refractivity contribution in [2.24, 2.45) is 0 Å². The number of carbonyl (C=O) groups is 1. The summed E-state index contributed by atoms with van der Waals surface area (Å²) in [5, 5.41) is 8.22. The largest absolute Gasteiger partial charge is 0.350 e. The van der Waals surface area contributed by atoms with E-state index in [1.807, 2.05) is 39.2 Å². The predicted octanol–water partition coefficient (Wildman–Crippen LogP) is 2.92. The van der Waals surface area contributed by atoms with E-state index in [0.717, 1.165) is 11.4 Å². The number of hydrogen-bond acceptors (Lipinski definition) is 3. The number of benzene rings is 1. The molecule has 7 heteroatoms. The lowest BCUT2D eigenvalue weighted by molar-refractivity contribution is -0.123. The van der Waals surface area contributed by atoms with E-state index in [0.29, 0.717) is 22.9 Å². The third-order valence-electron chi connectivity index (χ3n) is 4.70. The number of hydrogen-bond donors (Lipinski definition) is 1. The summed E-state index contributed by atoms with van der Waals surface area (Å²) in [6, 6.07) is 6.59. The van der Waals surface area contributed by atoms with E-state index < -0.39 is 0 Å². The fourth-order valence-corrected chi connectivity index (χ4v) is 3.39. The second kappa shape index (κ2) is 7.22. The number of halogens is 1. The SMILES string of the molecule is Cc1c2cnn(CC(=O)NC(C)(C)C)c(=O)c2c(C)n1Cc1ccccc1F. The molecule has 28 heavy (non-hydrogen) atoms. The van der Waals surface area contributed by atoms with Crippen LogP contribution in [-0.4, -0.2) is 25.8 Å². The lowest BCUT2D eigenvalue weighted by atomic mass is 10.1.